The van der Waals surface area contributed by atoms with Crippen molar-refractivity contribution in [2.24, 2.45) is 23.7 Å². The number of carboxylic acids is 1. The smallest absolute Gasteiger partial charge is 0.340 e. The number of carbonyl (C=O) groups is 5. The van der Waals surface area contributed by atoms with Gasteiger partial charge in [0.2, 0.25) is 11.8 Å². The maximum atomic E-state index is 13.7. The molecule has 2 aliphatic carbocycles. The van der Waals surface area contributed by atoms with Gasteiger partial charge in [-0.15, -0.1) is 11.3 Å². The van der Waals surface area contributed by atoms with Crippen molar-refractivity contribution in [3.63, 3.8) is 0 Å². The summed E-state index contributed by atoms with van der Waals surface area (Å²) in [6.07, 6.45) is 7.47. The van der Waals surface area contributed by atoms with Crippen LogP contribution in [0.5, 0.6) is 0 Å². The number of nitrogens with two attached hydrogens (primary N) is 1. The Labute approximate surface area is 398 Å². The zero-order valence-corrected chi connectivity index (χ0v) is 40.4. The molecule has 68 heavy (non-hydrogen) atoms. The van der Waals surface area contributed by atoms with E-state index in [1.54, 1.807) is 57.1 Å². The van der Waals surface area contributed by atoms with Crippen LogP contribution in [0.2, 0.25) is 0 Å². The normalized spacial score (nSPS) is 18.4. The molecule has 0 saturated heterocycles. The number of amides is 3. The Morgan fingerprint density at radius 1 is 0.691 bits per heavy atom. The number of methoxy groups -OCH3 is 1. The molecule has 2 saturated carbocycles. The highest BCUT2D eigenvalue weighted by atomic mass is 32.1. The fourth-order valence-electron chi connectivity index (χ4n) is 9.79. The Morgan fingerprint density at radius 3 is 1.66 bits per heavy atom. The minimum Gasteiger partial charge on any atom is -0.478 e. The quantitative estimate of drug-likeness (QED) is 0.0871. The second kappa shape index (κ2) is 19.8. The summed E-state index contributed by atoms with van der Waals surface area (Å²) in [4.78, 5) is 72.3. The third-order valence-corrected chi connectivity index (χ3v) is 14.1. The minimum absolute atomic E-state index is 0.0230. The summed E-state index contributed by atoms with van der Waals surface area (Å²) < 4.78 is 17.0. The average molecular weight is 942 g/mol. The first-order chi connectivity index (χ1) is 32.5. The van der Waals surface area contributed by atoms with Gasteiger partial charge in [-0.3, -0.25) is 14.4 Å². The first-order valence-electron chi connectivity index (χ1n) is 23.5. The van der Waals surface area contributed by atoms with Crippen LogP contribution in [0.1, 0.15) is 124 Å². The second-order valence-electron chi connectivity index (χ2n) is 19.0. The molecule has 0 spiro atoms. The molecule has 3 aromatic heterocycles. The van der Waals surface area contributed by atoms with Gasteiger partial charge < -0.3 is 39.5 Å². The van der Waals surface area contributed by atoms with Crippen molar-refractivity contribution in [1.82, 2.24) is 4.98 Å². The van der Waals surface area contributed by atoms with E-state index in [0.717, 1.165) is 62.1 Å². The summed E-state index contributed by atoms with van der Waals surface area (Å²) in [5, 5.41) is 17.6. The number of carboxylic acid groups (broad SMARTS) is 1. The molecule has 0 radical (unpaired) electrons. The SMILES string of the molecule is CC1CCC(C(=O)N(c2cc3c(cc2C(=O)O)oc2ccc(NC(=O)c4cscn4)cc23)C(C)C)CC1.COC(=O)c1cc2oc3ccc(N)cc3c2cc1N(C(=O)C1CCC(C)CC1)C(C)C. The monoisotopic (exact) mass is 941 g/mol. The van der Waals surface area contributed by atoms with Gasteiger partial charge in [-0.1, -0.05) is 13.8 Å². The molecule has 3 heterocycles. The van der Waals surface area contributed by atoms with Gasteiger partial charge in [0.05, 0.1) is 35.1 Å². The van der Waals surface area contributed by atoms with E-state index < -0.39 is 11.9 Å². The average Bonchev–Trinajstić information content (AvgIpc) is 4.07. The Balaban J connectivity index is 0.000000187. The lowest BCUT2D eigenvalue weighted by Gasteiger charge is -2.34. The number of carbonyl (C=O) groups excluding carboxylic acids is 4. The number of anilines is 4. The van der Waals surface area contributed by atoms with Crippen molar-refractivity contribution in [2.45, 2.75) is 105 Å². The number of aromatic carboxylic acids is 1. The highest BCUT2D eigenvalue weighted by Gasteiger charge is 2.35. The van der Waals surface area contributed by atoms with Crippen LogP contribution in [0.25, 0.3) is 43.9 Å². The second-order valence-corrected chi connectivity index (χ2v) is 19.8. The minimum atomic E-state index is -1.12. The van der Waals surface area contributed by atoms with Crippen LogP contribution in [0.3, 0.4) is 0 Å². The van der Waals surface area contributed by atoms with Gasteiger partial charge in [0.1, 0.15) is 28.0 Å². The van der Waals surface area contributed by atoms with Crippen molar-refractivity contribution in [2.75, 3.05) is 28.0 Å². The number of ether oxygens (including phenoxy) is 1. The number of hydrogen-bond donors (Lipinski definition) is 3. The molecular formula is C53H59N5O9S. The third-order valence-electron chi connectivity index (χ3n) is 13.5. The molecule has 0 bridgehead atoms. The predicted molar refractivity (Wildman–Crippen MR) is 268 cm³/mol. The van der Waals surface area contributed by atoms with Crippen LogP contribution in [-0.4, -0.2) is 58.9 Å². The zero-order chi connectivity index (χ0) is 48.6. The number of furan rings is 2. The summed E-state index contributed by atoms with van der Waals surface area (Å²) in [5.41, 5.74) is 12.6. The first-order valence-corrected chi connectivity index (χ1v) is 24.4. The van der Waals surface area contributed by atoms with E-state index >= 15 is 0 Å². The molecular weight excluding hydrogens is 883 g/mol. The van der Waals surface area contributed by atoms with Crippen LogP contribution >= 0.6 is 11.3 Å². The summed E-state index contributed by atoms with van der Waals surface area (Å²) in [6, 6.07) is 17.1. The molecule has 15 heteroatoms. The van der Waals surface area contributed by atoms with E-state index in [0.29, 0.717) is 78.9 Å². The summed E-state index contributed by atoms with van der Waals surface area (Å²) in [6.45, 7) is 12.2. The van der Waals surface area contributed by atoms with Gasteiger partial charge in [0.25, 0.3) is 5.91 Å². The van der Waals surface area contributed by atoms with Crippen molar-refractivity contribution in [3.8, 4) is 0 Å². The van der Waals surface area contributed by atoms with Crippen LogP contribution in [0.15, 0.2) is 80.4 Å². The molecule has 9 rings (SSSR count). The Morgan fingerprint density at radius 2 is 1.18 bits per heavy atom. The van der Waals surface area contributed by atoms with Crippen LogP contribution < -0.4 is 20.9 Å². The number of benzene rings is 4. The molecule has 0 atom stereocenters. The lowest BCUT2D eigenvalue weighted by atomic mass is 9.82. The Kier molecular flexibility index (Phi) is 13.9. The molecule has 2 aliphatic rings. The van der Waals surface area contributed by atoms with Gasteiger partial charge in [-0.2, -0.15) is 0 Å². The Bertz CT molecular complexity index is 3030. The fraction of sp³-hybridized carbons (Fsp3) is 0.396. The summed E-state index contributed by atoms with van der Waals surface area (Å²) >= 11 is 1.34. The molecule has 356 valence electrons. The van der Waals surface area contributed by atoms with E-state index in [9.17, 15) is 29.1 Å². The summed E-state index contributed by atoms with van der Waals surface area (Å²) in [5.74, 6) is -0.795. The topological polar surface area (TPSA) is 199 Å². The van der Waals surface area contributed by atoms with Gasteiger partial charge in [0, 0.05) is 62.2 Å². The number of hydrogen-bond acceptors (Lipinski definition) is 11. The maximum Gasteiger partial charge on any atom is 0.340 e. The van der Waals surface area contributed by atoms with Crippen molar-refractivity contribution in [3.05, 3.63) is 88.4 Å². The van der Waals surface area contributed by atoms with E-state index in [2.05, 4.69) is 24.1 Å². The molecule has 0 aliphatic heterocycles. The van der Waals surface area contributed by atoms with E-state index in [-0.39, 0.29) is 47.2 Å². The standard InChI is InChI=1S/C28H29N3O5S.C25H30N2O4/c1-15(2)31(27(33)17-6-4-16(3)5-7-17)23-11-20-19-10-18(30-26(32)22-13-37-14-29-22)8-9-24(19)36-25(20)12-21(23)28(34)35;1-14(2)27(24(28)16-7-5-15(3)6-8-16)21-12-19-18-11-17(26)9-10-22(18)31-23(19)13-20(21)25(29)30-4/h8-17H,4-7H2,1-3H3,(H,30,32)(H,34,35);9-16H,5-8,26H2,1-4H3. The van der Waals surface area contributed by atoms with Crippen molar-refractivity contribution < 1.29 is 42.7 Å². The molecule has 14 nitrogen and oxygen atoms in total. The molecule has 3 amide bonds. The van der Waals surface area contributed by atoms with Crippen LogP contribution in [0, 0.1) is 23.7 Å². The van der Waals surface area contributed by atoms with Gasteiger partial charge in [0.15, 0.2) is 0 Å². The highest BCUT2D eigenvalue weighted by molar-refractivity contribution is 7.07. The molecule has 0 unspecified atom stereocenters. The van der Waals surface area contributed by atoms with Gasteiger partial charge in [-0.25, -0.2) is 14.6 Å². The van der Waals surface area contributed by atoms with E-state index in [1.165, 1.54) is 24.5 Å². The number of nitrogen functional groups attached to an aromatic ring is 1. The van der Waals surface area contributed by atoms with E-state index in [4.69, 9.17) is 19.3 Å². The number of nitrogens with zero attached hydrogens (tertiary/aromatic N) is 3. The number of nitrogens with one attached hydrogen (secondary N) is 1. The van der Waals surface area contributed by atoms with Crippen LogP contribution in [0.4, 0.5) is 22.7 Å². The van der Waals surface area contributed by atoms with Crippen LogP contribution in [-0.2, 0) is 14.3 Å². The fourth-order valence-corrected chi connectivity index (χ4v) is 10.3. The molecule has 2 fully saturated rings. The Hall–Kier alpha value is -6.74. The summed E-state index contributed by atoms with van der Waals surface area (Å²) in [7, 11) is 1.35. The highest BCUT2D eigenvalue weighted by Crippen LogP contribution is 2.41. The first kappa shape index (κ1) is 47.7. The largest absolute Gasteiger partial charge is 0.478 e. The number of fused-ring (bicyclic) bond motifs is 6. The zero-order valence-electron chi connectivity index (χ0n) is 39.6. The lowest BCUT2D eigenvalue weighted by molar-refractivity contribution is -0.124. The number of aromatic nitrogens is 1. The van der Waals surface area contributed by atoms with E-state index in [1.807, 2.05) is 45.9 Å². The van der Waals surface area contributed by atoms with Crippen molar-refractivity contribution in [1.29, 1.82) is 0 Å². The molecule has 4 N–H and O–H groups in total. The predicted octanol–water partition coefficient (Wildman–Crippen LogP) is 12.1. The number of rotatable bonds is 10. The molecule has 7 aromatic rings. The lowest BCUT2D eigenvalue weighted by Crippen LogP contribution is -2.43. The molecule has 4 aromatic carbocycles. The van der Waals surface area contributed by atoms with Gasteiger partial charge in [-0.05, 0) is 152 Å². The third kappa shape index (κ3) is 9.67. The number of esters is 1. The van der Waals surface area contributed by atoms with Gasteiger partial charge >= 0.3 is 11.9 Å². The maximum absolute atomic E-state index is 13.7. The van der Waals surface area contributed by atoms with Crippen molar-refractivity contribution >= 4 is 108 Å². The number of thiazole rings is 1.